The number of rotatable bonds is 4. The van der Waals surface area contributed by atoms with Crippen LogP contribution in [0.4, 0.5) is 0 Å². The van der Waals surface area contributed by atoms with Gasteiger partial charge in [-0.25, -0.2) is 0 Å². The lowest BCUT2D eigenvalue weighted by Crippen LogP contribution is -2.11. The van der Waals surface area contributed by atoms with Crippen LogP contribution in [0.2, 0.25) is 0 Å². The van der Waals surface area contributed by atoms with Crippen LogP contribution in [0.15, 0.2) is 23.0 Å². The molecule has 0 amide bonds. The second kappa shape index (κ2) is 6.06. The molecule has 12 heavy (non-hydrogen) atoms. The van der Waals surface area contributed by atoms with Crippen LogP contribution in [-0.2, 0) is 0 Å². The van der Waals surface area contributed by atoms with Gasteiger partial charge in [0, 0.05) is 11.6 Å². The average molecular weight is 191 g/mol. The molecule has 70 valence electrons. The maximum absolute atomic E-state index is 5.81. The predicted octanol–water partition coefficient (Wildman–Crippen LogP) is 1.44. The fourth-order valence-corrected chi connectivity index (χ4v) is 0.990. The third-order valence-corrected chi connectivity index (χ3v) is 1.69. The monoisotopic (exact) mass is 190 g/mol. The summed E-state index contributed by atoms with van der Waals surface area (Å²) in [5.41, 5.74) is 12.2. The second-order valence-corrected chi connectivity index (χ2v) is 2.59. The molecule has 0 spiro atoms. The topological polar surface area (TPSA) is 65.2 Å². The van der Waals surface area contributed by atoms with Crippen molar-refractivity contribution in [2.45, 2.75) is 18.9 Å². The first-order valence-corrected chi connectivity index (χ1v) is 3.82. The Morgan fingerprint density at radius 2 is 2.25 bits per heavy atom. The van der Waals surface area contributed by atoms with Gasteiger partial charge < -0.3 is 15.9 Å². The fourth-order valence-electron chi connectivity index (χ4n) is 0.990. The number of nitrogens with two attached hydrogens (primary N) is 2. The van der Waals surface area contributed by atoms with E-state index in [4.69, 9.17) is 15.9 Å². The zero-order valence-corrected chi connectivity index (χ0v) is 7.72. The number of furan rings is 1. The van der Waals surface area contributed by atoms with Crippen molar-refractivity contribution in [2.24, 2.45) is 11.5 Å². The summed E-state index contributed by atoms with van der Waals surface area (Å²) >= 11 is 0. The van der Waals surface area contributed by atoms with Crippen molar-refractivity contribution in [1.82, 2.24) is 0 Å². The van der Waals surface area contributed by atoms with Gasteiger partial charge in [-0.1, -0.05) is 0 Å². The van der Waals surface area contributed by atoms with Crippen molar-refractivity contribution in [3.8, 4) is 0 Å². The van der Waals surface area contributed by atoms with E-state index in [-0.39, 0.29) is 18.4 Å². The summed E-state index contributed by atoms with van der Waals surface area (Å²) in [6, 6.07) is 1.97. The van der Waals surface area contributed by atoms with Crippen molar-refractivity contribution >= 4 is 12.4 Å². The first-order valence-electron chi connectivity index (χ1n) is 3.82. The average Bonchev–Trinajstić information content (AvgIpc) is 2.52. The molecule has 0 fully saturated rings. The molecule has 3 nitrogen and oxygen atoms in total. The van der Waals surface area contributed by atoms with Gasteiger partial charge in [0.25, 0.3) is 0 Å². The maximum Gasteiger partial charge on any atom is 0.0950 e. The van der Waals surface area contributed by atoms with E-state index < -0.39 is 0 Å². The molecule has 4 N–H and O–H groups in total. The van der Waals surface area contributed by atoms with Crippen LogP contribution in [0, 0.1) is 0 Å². The molecular weight excluding hydrogens is 176 g/mol. The van der Waals surface area contributed by atoms with Crippen molar-refractivity contribution in [3.63, 3.8) is 0 Å². The van der Waals surface area contributed by atoms with Crippen LogP contribution >= 0.6 is 12.4 Å². The van der Waals surface area contributed by atoms with Crippen LogP contribution < -0.4 is 11.5 Å². The molecule has 4 heteroatoms. The summed E-state index contributed by atoms with van der Waals surface area (Å²) in [7, 11) is 0. The van der Waals surface area contributed by atoms with Crippen molar-refractivity contribution in [1.29, 1.82) is 0 Å². The van der Waals surface area contributed by atoms with Gasteiger partial charge in [-0.15, -0.1) is 12.4 Å². The minimum atomic E-state index is 0. The van der Waals surface area contributed by atoms with E-state index in [0.29, 0.717) is 6.54 Å². The third-order valence-electron chi connectivity index (χ3n) is 1.69. The highest BCUT2D eigenvalue weighted by Gasteiger charge is 2.05. The highest BCUT2D eigenvalue weighted by atomic mass is 35.5. The molecular formula is C8H15ClN2O. The molecule has 0 aliphatic carbocycles. The number of hydrogen-bond acceptors (Lipinski definition) is 3. The molecule has 0 aliphatic heterocycles. The zero-order chi connectivity index (χ0) is 8.10. The van der Waals surface area contributed by atoms with Crippen molar-refractivity contribution in [3.05, 3.63) is 24.2 Å². The van der Waals surface area contributed by atoms with E-state index in [0.717, 1.165) is 18.4 Å². The highest BCUT2D eigenvalue weighted by molar-refractivity contribution is 5.85. The summed E-state index contributed by atoms with van der Waals surface area (Å²) in [6.07, 6.45) is 5.21. The Labute approximate surface area is 78.5 Å². The summed E-state index contributed by atoms with van der Waals surface area (Å²) in [5, 5.41) is 0. The fraction of sp³-hybridized carbons (Fsp3) is 0.500. The van der Waals surface area contributed by atoms with Crippen LogP contribution in [0.1, 0.15) is 24.4 Å². The summed E-state index contributed by atoms with van der Waals surface area (Å²) in [6.45, 7) is 0.700. The van der Waals surface area contributed by atoms with Gasteiger partial charge in [0.1, 0.15) is 0 Å². The minimum Gasteiger partial charge on any atom is -0.472 e. The van der Waals surface area contributed by atoms with Crippen molar-refractivity contribution in [2.75, 3.05) is 6.54 Å². The minimum absolute atomic E-state index is 0. The molecule has 1 aromatic rings. The van der Waals surface area contributed by atoms with Crippen LogP contribution in [0.5, 0.6) is 0 Å². The molecule has 1 heterocycles. The molecule has 1 atom stereocenters. The van der Waals surface area contributed by atoms with Crippen LogP contribution in [-0.4, -0.2) is 6.54 Å². The van der Waals surface area contributed by atoms with E-state index in [9.17, 15) is 0 Å². The Balaban J connectivity index is 0.00000121. The van der Waals surface area contributed by atoms with Crippen LogP contribution in [0.25, 0.3) is 0 Å². The summed E-state index contributed by atoms with van der Waals surface area (Å²) in [4.78, 5) is 0. The van der Waals surface area contributed by atoms with Gasteiger partial charge >= 0.3 is 0 Å². The SMILES string of the molecule is Cl.NCCC[C@@H](N)c1ccoc1. The normalized spacial score (nSPS) is 12.2. The lowest BCUT2D eigenvalue weighted by atomic mass is 10.1. The Morgan fingerprint density at radius 3 is 2.75 bits per heavy atom. The first-order chi connectivity index (χ1) is 5.34. The van der Waals surface area contributed by atoms with Gasteiger partial charge in [0.15, 0.2) is 0 Å². The predicted molar refractivity (Wildman–Crippen MR) is 51.2 cm³/mol. The molecule has 1 rings (SSSR count). The molecule has 0 aromatic carbocycles. The Hall–Kier alpha value is -0.510. The van der Waals surface area contributed by atoms with E-state index in [2.05, 4.69) is 0 Å². The van der Waals surface area contributed by atoms with E-state index >= 15 is 0 Å². The summed E-state index contributed by atoms with van der Waals surface area (Å²) < 4.78 is 4.90. The smallest absolute Gasteiger partial charge is 0.0950 e. The third kappa shape index (κ3) is 3.26. The Morgan fingerprint density at radius 1 is 1.50 bits per heavy atom. The molecule has 0 radical (unpaired) electrons. The van der Waals surface area contributed by atoms with Gasteiger partial charge in [0.05, 0.1) is 12.5 Å². The van der Waals surface area contributed by atoms with Crippen LogP contribution in [0.3, 0.4) is 0 Å². The Bertz CT molecular complexity index is 189. The lowest BCUT2D eigenvalue weighted by molar-refractivity contribution is 0.551. The molecule has 0 saturated heterocycles. The molecule has 0 bridgehead atoms. The molecule has 0 saturated carbocycles. The molecule has 1 aromatic heterocycles. The lowest BCUT2D eigenvalue weighted by Gasteiger charge is -2.06. The number of halogens is 1. The van der Waals surface area contributed by atoms with E-state index in [1.165, 1.54) is 0 Å². The standard InChI is InChI=1S/C8H14N2O.ClH/c9-4-1-2-8(10)7-3-5-11-6-7;/h3,5-6,8H,1-2,4,9-10H2;1H/t8-;/m1./s1. The molecule has 0 unspecified atom stereocenters. The zero-order valence-electron chi connectivity index (χ0n) is 6.90. The maximum atomic E-state index is 5.81. The highest BCUT2D eigenvalue weighted by Crippen LogP contribution is 2.14. The quantitative estimate of drug-likeness (QED) is 0.755. The molecule has 0 aliphatic rings. The number of hydrogen-bond donors (Lipinski definition) is 2. The van der Waals surface area contributed by atoms with Gasteiger partial charge in [-0.05, 0) is 25.5 Å². The largest absolute Gasteiger partial charge is 0.472 e. The van der Waals surface area contributed by atoms with Crippen molar-refractivity contribution < 1.29 is 4.42 Å². The first kappa shape index (κ1) is 11.5. The summed E-state index contributed by atoms with van der Waals surface area (Å²) in [5.74, 6) is 0. The Kier molecular flexibility index (Phi) is 5.80. The second-order valence-electron chi connectivity index (χ2n) is 2.59. The van der Waals surface area contributed by atoms with Gasteiger partial charge in [-0.2, -0.15) is 0 Å². The van der Waals surface area contributed by atoms with E-state index in [1.54, 1.807) is 12.5 Å². The van der Waals surface area contributed by atoms with E-state index in [1.807, 2.05) is 6.07 Å². The van der Waals surface area contributed by atoms with Gasteiger partial charge in [0.2, 0.25) is 0 Å². The van der Waals surface area contributed by atoms with Gasteiger partial charge in [-0.3, -0.25) is 0 Å².